The van der Waals surface area contributed by atoms with Crippen molar-refractivity contribution in [2.45, 2.75) is 57.3 Å². The molecule has 2 heteroatoms. The maximum absolute atomic E-state index is 6.30. The molecule has 1 aromatic rings. The molecule has 0 spiro atoms. The van der Waals surface area contributed by atoms with Crippen molar-refractivity contribution in [2.24, 2.45) is 0 Å². The molecule has 1 saturated carbocycles. The van der Waals surface area contributed by atoms with E-state index in [-0.39, 0.29) is 6.10 Å². The van der Waals surface area contributed by atoms with E-state index in [1.807, 2.05) is 0 Å². The van der Waals surface area contributed by atoms with Crippen LogP contribution in [0.4, 0.5) is 0 Å². The van der Waals surface area contributed by atoms with Gasteiger partial charge in [-0.15, -0.1) is 0 Å². The van der Waals surface area contributed by atoms with Crippen LogP contribution < -0.4 is 5.32 Å². The molecule has 1 N–H and O–H groups in total. The number of benzene rings is 1. The minimum atomic E-state index is 0.185. The van der Waals surface area contributed by atoms with Crippen molar-refractivity contribution in [1.29, 1.82) is 0 Å². The summed E-state index contributed by atoms with van der Waals surface area (Å²) in [4.78, 5) is 0. The Balaban J connectivity index is 1.98. The molecule has 0 amide bonds. The molecule has 1 aromatic carbocycles. The Morgan fingerprint density at radius 1 is 1.11 bits per heavy atom. The van der Waals surface area contributed by atoms with Gasteiger partial charge in [-0.2, -0.15) is 0 Å². The van der Waals surface area contributed by atoms with Gasteiger partial charge < -0.3 is 10.1 Å². The lowest BCUT2D eigenvalue weighted by Gasteiger charge is -2.28. The van der Waals surface area contributed by atoms with E-state index in [9.17, 15) is 0 Å². The highest BCUT2D eigenvalue weighted by Gasteiger charge is 2.24. The second-order valence-corrected chi connectivity index (χ2v) is 5.26. The molecule has 2 nitrogen and oxygen atoms in total. The maximum Gasteiger partial charge on any atom is 0.0801 e. The number of rotatable bonds is 4. The van der Waals surface area contributed by atoms with Crippen LogP contribution in [0.1, 0.15) is 50.7 Å². The van der Waals surface area contributed by atoms with E-state index in [1.165, 1.54) is 37.7 Å². The number of hydrogen-bond donors (Lipinski definition) is 1. The van der Waals surface area contributed by atoms with E-state index in [0.29, 0.717) is 12.1 Å². The van der Waals surface area contributed by atoms with Crippen LogP contribution in [-0.4, -0.2) is 19.2 Å². The topological polar surface area (TPSA) is 21.3 Å². The van der Waals surface area contributed by atoms with Gasteiger partial charge in [0.2, 0.25) is 0 Å². The van der Waals surface area contributed by atoms with Gasteiger partial charge in [0, 0.05) is 6.04 Å². The van der Waals surface area contributed by atoms with Crippen LogP contribution in [0.2, 0.25) is 0 Å². The summed E-state index contributed by atoms with van der Waals surface area (Å²) in [7, 11) is 2.06. The Kier molecular flexibility index (Phi) is 5.21. The Bertz CT molecular complexity index is 338. The van der Waals surface area contributed by atoms with Gasteiger partial charge in [0.1, 0.15) is 0 Å². The highest BCUT2D eigenvalue weighted by atomic mass is 16.5. The van der Waals surface area contributed by atoms with E-state index in [2.05, 4.69) is 49.6 Å². The van der Waals surface area contributed by atoms with E-state index in [1.54, 1.807) is 0 Å². The normalized spacial score (nSPS) is 26.6. The zero-order chi connectivity index (χ0) is 12.8. The molecule has 1 aliphatic carbocycles. The van der Waals surface area contributed by atoms with Crippen molar-refractivity contribution in [3.8, 4) is 0 Å². The van der Waals surface area contributed by atoms with Crippen LogP contribution in [0.15, 0.2) is 30.3 Å². The predicted molar refractivity (Wildman–Crippen MR) is 75.7 cm³/mol. The van der Waals surface area contributed by atoms with Gasteiger partial charge in [0.25, 0.3) is 0 Å². The number of ether oxygens (including phenoxy) is 1. The van der Waals surface area contributed by atoms with E-state index < -0.39 is 0 Å². The van der Waals surface area contributed by atoms with Gasteiger partial charge in [-0.05, 0) is 32.4 Å². The number of hydrogen-bond acceptors (Lipinski definition) is 2. The molecule has 18 heavy (non-hydrogen) atoms. The summed E-state index contributed by atoms with van der Waals surface area (Å²) in [6, 6.07) is 11.0. The summed E-state index contributed by atoms with van der Waals surface area (Å²) in [5.41, 5.74) is 1.27. The van der Waals surface area contributed by atoms with Gasteiger partial charge >= 0.3 is 0 Å². The summed E-state index contributed by atoms with van der Waals surface area (Å²) in [5, 5.41) is 3.43. The molecular formula is C16H25NO. The third-order valence-electron chi connectivity index (χ3n) is 3.97. The van der Waals surface area contributed by atoms with Gasteiger partial charge in [-0.25, -0.2) is 0 Å². The first kappa shape index (κ1) is 13.6. The van der Waals surface area contributed by atoms with Crippen molar-refractivity contribution in [3.63, 3.8) is 0 Å². The molecule has 0 heterocycles. The lowest BCUT2D eigenvalue weighted by Crippen LogP contribution is -2.39. The molecule has 0 aliphatic heterocycles. The van der Waals surface area contributed by atoms with Crippen molar-refractivity contribution < 1.29 is 4.74 Å². The van der Waals surface area contributed by atoms with E-state index in [4.69, 9.17) is 4.74 Å². The van der Waals surface area contributed by atoms with Crippen molar-refractivity contribution in [3.05, 3.63) is 35.9 Å². The SMILES string of the molecule is CNC1CCCCCC1OC(C)c1ccccc1. The highest BCUT2D eigenvalue weighted by molar-refractivity contribution is 5.16. The van der Waals surface area contributed by atoms with Crippen LogP contribution >= 0.6 is 0 Å². The molecule has 3 atom stereocenters. The lowest BCUT2D eigenvalue weighted by molar-refractivity contribution is -0.0261. The van der Waals surface area contributed by atoms with Crippen LogP contribution in [0, 0.1) is 0 Å². The largest absolute Gasteiger partial charge is 0.369 e. The monoisotopic (exact) mass is 247 g/mol. The first-order valence-electron chi connectivity index (χ1n) is 7.19. The van der Waals surface area contributed by atoms with E-state index >= 15 is 0 Å². The Morgan fingerprint density at radius 3 is 2.56 bits per heavy atom. The third-order valence-corrected chi connectivity index (χ3v) is 3.97. The Hall–Kier alpha value is -0.860. The van der Waals surface area contributed by atoms with Gasteiger partial charge in [-0.1, -0.05) is 49.6 Å². The van der Waals surface area contributed by atoms with Crippen LogP contribution in [0.25, 0.3) is 0 Å². The molecule has 3 unspecified atom stereocenters. The molecule has 0 bridgehead atoms. The molecule has 1 aliphatic rings. The molecule has 100 valence electrons. The molecular weight excluding hydrogens is 222 g/mol. The molecule has 2 rings (SSSR count). The first-order valence-corrected chi connectivity index (χ1v) is 7.19. The van der Waals surface area contributed by atoms with Crippen LogP contribution in [0.3, 0.4) is 0 Å². The minimum Gasteiger partial charge on any atom is -0.369 e. The molecule has 0 aromatic heterocycles. The average molecular weight is 247 g/mol. The van der Waals surface area contributed by atoms with Gasteiger partial charge in [0.05, 0.1) is 12.2 Å². The fourth-order valence-electron chi connectivity index (χ4n) is 2.83. The predicted octanol–water partition coefficient (Wildman–Crippen LogP) is 3.68. The maximum atomic E-state index is 6.30. The summed E-state index contributed by atoms with van der Waals surface area (Å²) >= 11 is 0. The van der Waals surface area contributed by atoms with Crippen LogP contribution in [0.5, 0.6) is 0 Å². The number of likely N-dealkylation sites (N-methyl/N-ethyl adjacent to an activating group) is 1. The quantitative estimate of drug-likeness (QED) is 0.819. The molecule has 0 saturated heterocycles. The van der Waals surface area contributed by atoms with Crippen molar-refractivity contribution in [2.75, 3.05) is 7.05 Å². The molecule has 1 fully saturated rings. The zero-order valence-corrected chi connectivity index (χ0v) is 11.6. The Labute approximate surface area is 111 Å². The summed E-state index contributed by atoms with van der Waals surface area (Å²) in [5.74, 6) is 0. The lowest BCUT2D eigenvalue weighted by atomic mass is 10.1. The average Bonchev–Trinajstić information content (AvgIpc) is 2.64. The smallest absolute Gasteiger partial charge is 0.0801 e. The summed E-state index contributed by atoms with van der Waals surface area (Å²) < 4.78 is 6.30. The Morgan fingerprint density at radius 2 is 1.83 bits per heavy atom. The van der Waals surface area contributed by atoms with Crippen molar-refractivity contribution in [1.82, 2.24) is 5.32 Å². The summed E-state index contributed by atoms with van der Waals surface area (Å²) in [6.45, 7) is 2.16. The van der Waals surface area contributed by atoms with Gasteiger partial charge in [-0.3, -0.25) is 0 Å². The third kappa shape index (κ3) is 3.56. The fourth-order valence-corrected chi connectivity index (χ4v) is 2.83. The molecule has 0 radical (unpaired) electrons. The van der Waals surface area contributed by atoms with E-state index in [0.717, 1.165) is 0 Å². The van der Waals surface area contributed by atoms with Crippen molar-refractivity contribution >= 4 is 0 Å². The number of nitrogens with one attached hydrogen (secondary N) is 1. The summed E-state index contributed by atoms with van der Waals surface area (Å²) in [6.07, 6.45) is 6.93. The minimum absolute atomic E-state index is 0.185. The first-order chi connectivity index (χ1) is 8.81. The van der Waals surface area contributed by atoms with Crippen LogP contribution in [-0.2, 0) is 4.74 Å². The second kappa shape index (κ2) is 6.91. The zero-order valence-electron chi connectivity index (χ0n) is 11.6. The standard InChI is InChI=1S/C16H25NO/c1-13(14-9-5-3-6-10-14)18-16-12-8-4-7-11-15(16)17-2/h3,5-6,9-10,13,15-17H,4,7-8,11-12H2,1-2H3. The van der Waals surface area contributed by atoms with Gasteiger partial charge in [0.15, 0.2) is 0 Å². The second-order valence-electron chi connectivity index (χ2n) is 5.26. The highest BCUT2D eigenvalue weighted by Crippen LogP contribution is 2.26. The fraction of sp³-hybridized carbons (Fsp3) is 0.625.